The second-order valence-corrected chi connectivity index (χ2v) is 26.9. The van der Waals surface area contributed by atoms with Crippen LogP contribution in [-0.2, 0) is 27.1 Å². The minimum absolute atomic E-state index is 0.0249. The normalized spacial score (nSPS) is 13.8. The number of furan rings is 2. The summed E-state index contributed by atoms with van der Waals surface area (Å²) >= 11 is 0. The Morgan fingerprint density at radius 3 is 0.901 bits per heavy atom. The molecule has 0 radical (unpaired) electrons. The molecule has 0 N–H and O–H groups in total. The maximum atomic E-state index is 7.56. The van der Waals surface area contributed by atoms with Gasteiger partial charge >= 0.3 is 0 Å². The summed E-state index contributed by atoms with van der Waals surface area (Å²) in [6, 6.07) is 77.5. The Hall–Kier alpha value is -8.60. The Labute approximate surface area is 477 Å². The fourth-order valence-electron chi connectivity index (χ4n) is 13.5. The van der Waals surface area contributed by atoms with E-state index in [1.807, 2.05) is 0 Å². The second-order valence-electron chi connectivity index (χ2n) is 26.9. The van der Waals surface area contributed by atoms with E-state index in [1.54, 1.807) is 0 Å². The molecule has 12 aromatic rings. The lowest BCUT2D eigenvalue weighted by Crippen LogP contribution is -2.26. The molecule has 0 aliphatic heterocycles. The van der Waals surface area contributed by atoms with Gasteiger partial charge < -0.3 is 18.6 Å². The molecule has 2 aliphatic rings. The first-order valence-corrected chi connectivity index (χ1v) is 28.9. The van der Waals surface area contributed by atoms with Crippen LogP contribution in [0.4, 0.5) is 34.1 Å². The topological polar surface area (TPSA) is 32.8 Å². The summed E-state index contributed by atoms with van der Waals surface area (Å²) in [5, 5.41) is 4.23. The van der Waals surface area contributed by atoms with Gasteiger partial charge in [-0.15, -0.1) is 0 Å². The van der Waals surface area contributed by atoms with Crippen LogP contribution in [0, 0.1) is 0 Å². The van der Waals surface area contributed by atoms with Crippen molar-refractivity contribution in [3.05, 3.63) is 251 Å². The number of benzene rings is 10. The molecule has 0 unspecified atom stereocenters. The standard InChI is InChI=1S/C77H70N2O2/c1-73(2,3)47-29-37-51(38-30-47)78(52-39-31-48(32-40-52)74(4,5)6)63-45-61-69(71-67(63)57-23-15-19-27-65(57)80-71)70-62(77(61)59-25-17-13-21-55(59)56-22-14-18-26-60(56)77)46-64(68-58-24-16-20-28-66(58)81-72(68)70)79(53-41-33-49(34-42-53)75(7,8)9)54-43-35-50(36-44-54)76(10,11)12/h13-46H,1-12H3. The molecule has 0 saturated heterocycles. The summed E-state index contributed by atoms with van der Waals surface area (Å²) in [6.07, 6.45) is 0. The average molecular weight is 1060 g/mol. The van der Waals surface area contributed by atoms with Gasteiger partial charge in [0.15, 0.2) is 0 Å². The van der Waals surface area contributed by atoms with Crippen LogP contribution >= 0.6 is 0 Å². The lowest BCUT2D eigenvalue weighted by Gasteiger charge is -2.34. The highest BCUT2D eigenvalue weighted by Gasteiger charge is 2.55. The summed E-state index contributed by atoms with van der Waals surface area (Å²) in [5.74, 6) is 0. The van der Waals surface area contributed by atoms with Gasteiger partial charge in [-0.2, -0.15) is 0 Å². The van der Waals surface area contributed by atoms with Gasteiger partial charge in [-0.1, -0.05) is 217 Å². The number of para-hydroxylation sites is 2. The third-order valence-corrected chi connectivity index (χ3v) is 17.7. The summed E-state index contributed by atoms with van der Waals surface area (Å²) < 4.78 is 15.1. The van der Waals surface area contributed by atoms with E-state index in [0.717, 1.165) is 100 Å². The van der Waals surface area contributed by atoms with Crippen molar-refractivity contribution in [1.82, 2.24) is 0 Å². The van der Waals surface area contributed by atoms with E-state index in [9.17, 15) is 0 Å². The Bertz CT molecular complexity index is 4060. The van der Waals surface area contributed by atoms with Crippen molar-refractivity contribution in [2.45, 2.75) is 110 Å². The van der Waals surface area contributed by atoms with Crippen LogP contribution in [0.25, 0.3) is 66.1 Å². The number of hydrogen-bond acceptors (Lipinski definition) is 4. The molecule has 10 aromatic carbocycles. The number of fused-ring (bicyclic) bond motifs is 18. The van der Waals surface area contributed by atoms with Crippen LogP contribution in [0.1, 0.15) is 128 Å². The first-order chi connectivity index (χ1) is 38.7. The lowest BCUT2D eigenvalue weighted by atomic mass is 9.70. The fraction of sp³-hybridized carbons (Fsp3) is 0.221. The number of anilines is 6. The SMILES string of the molecule is CC(C)(C)c1ccc(N(c2ccc(C(C)(C)C)cc2)c2cc3c(c4oc5ccccc5c24)-c2c(cc(N(c4ccc(C(C)(C)C)cc4)c4ccc(C(C)(C)C)cc4)c4c2oc2ccccc24)C32c3ccccc3-c3ccccc32)cc1. The molecular weight excluding hydrogens is 985 g/mol. The van der Waals surface area contributed by atoms with Crippen LogP contribution in [0.3, 0.4) is 0 Å². The van der Waals surface area contributed by atoms with E-state index in [-0.39, 0.29) is 21.7 Å². The lowest BCUT2D eigenvalue weighted by molar-refractivity contribution is 0.590. The highest BCUT2D eigenvalue weighted by Crippen LogP contribution is 2.68. The summed E-state index contributed by atoms with van der Waals surface area (Å²) in [6.45, 7) is 27.5. The van der Waals surface area contributed by atoms with E-state index >= 15 is 0 Å². The monoisotopic (exact) mass is 1050 g/mol. The zero-order valence-corrected chi connectivity index (χ0v) is 48.8. The smallest absolute Gasteiger partial charge is 0.145 e. The summed E-state index contributed by atoms with van der Waals surface area (Å²) in [5.41, 5.74) is 23.3. The molecule has 14 rings (SSSR count). The van der Waals surface area contributed by atoms with Crippen molar-refractivity contribution in [3.63, 3.8) is 0 Å². The van der Waals surface area contributed by atoms with Crippen molar-refractivity contribution >= 4 is 78.0 Å². The predicted molar refractivity (Wildman–Crippen MR) is 341 cm³/mol. The van der Waals surface area contributed by atoms with Crippen molar-refractivity contribution < 1.29 is 8.83 Å². The third kappa shape index (κ3) is 7.69. The molecule has 0 fully saturated rings. The molecule has 0 saturated carbocycles. The molecule has 0 atom stereocenters. The van der Waals surface area contributed by atoms with Gasteiger partial charge in [-0.05, 0) is 150 Å². The van der Waals surface area contributed by atoms with E-state index < -0.39 is 5.41 Å². The number of hydrogen-bond donors (Lipinski definition) is 0. The quantitative estimate of drug-likeness (QED) is 0.166. The van der Waals surface area contributed by atoms with E-state index in [0.29, 0.717) is 0 Å². The zero-order valence-electron chi connectivity index (χ0n) is 48.8. The Kier molecular flexibility index (Phi) is 11.1. The predicted octanol–water partition coefficient (Wildman–Crippen LogP) is 22.0. The Morgan fingerprint density at radius 2 is 0.593 bits per heavy atom. The van der Waals surface area contributed by atoms with Crippen LogP contribution in [-0.4, -0.2) is 0 Å². The van der Waals surface area contributed by atoms with Gasteiger partial charge in [0.2, 0.25) is 0 Å². The molecule has 2 aromatic heterocycles. The maximum Gasteiger partial charge on any atom is 0.145 e. The molecule has 2 heterocycles. The molecule has 2 aliphatic carbocycles. The fourth-order valence-corrected chi connectivity index (χ4v) is 13.5. The van der Waals surface area contributed by atoms with Crippen LogP contribution in [0.2, 0.25) is 0 Å². The van der Waals surface area contributed by atoms with E-state index in [2.05, 4.69) is 299 Å². The number of rotatable bonds is 6. The van der Waals surface area contributed by atoms with Crippen molar-refractivity contribution in [2.75, 3.05) is 9.80 Å². The van der Waals surface area contributed by atoms with E-state index in [4.69, 9.17) is 8.83 Å². The van der Waals surface area contributed by atoms with Gasteiger partial charge in [0.05, 0.1) is 27.6 Å². The van der Waals surface area contributed by atoms with Gasteiger partial charge in [0.25, 0.3) is 0 Å². The summed E-state index contributed by atoms with van der Waals surface area (Å²) in [4.78, 5) is 4.97. The van der Waals surface area contributed by atoms with E-state index in [1.165, 1.54) is 44.5 Å². The minimum Gasteiger partial charge on any atom is -0.455 e. The molecule has 0 amide bonds. The molecular formula is C77H70N2O2. The Morgan fingerprint density at radius 1 is 0.309 bits per heavy atom. The van der Waals surface area contributed by atoms with Crippen molar-refractivity contribution in [3.8, 4) is 22.3 Å². The van der Waals surface area contributed by atoms with Crippen LogP contribution in [0.5, 0.6) is 0 Å². The van der Waals surface area contributed by atoms with Crippen molar-refractivity contribution in [1.29, 1.82) is 0 Å². The highest BCUT2D eigenvalue weighted by atomic mass is 16.3. The Balaban J connectivity index is 1.16. The first kappa shape index (κ1) is 50.6. The first-order valence-electron chi connectivity index (χ1n) is 28.9. The third-order valence-electron chi connectivity index (χ3n) is 17.7. The van der Waals surface area contributed by atoms with Gasteiger partial charge in [-0.25, -0.2) is 0 Å². The zero-order chi connectivity index (χ0) is 56.1. The van der Waals surface area contributed by atoms with Gasteiger partial charge in [0.1, 0.15) is 22.3 Å². The molecule has 4 nitrogen and oxygen atoms in total. The van der Waals surface area contributed by atoms with Gasteiger partial charge in [-0.3, -0.25) is 0 Å². The number of nitrogens with zero attached hydrogens (tertiary/aromatic N) is 2. The summed E-state index contributed by atoms with van der Waals surface area (Å²) in [7, 11) is 0. The molecule has 4 heteroatoms. The van der Waals surface area contributed by atoms with Gasteiger partial charge in [0, 0.05) is 44.6 Å². The van der Waals surface area contributed by atoms with Crippen LogP contribution < -0.4 is 9.80 Å². The molecule has 81 heavy (non-hydrogen) atoms. The minimum atomic E-state index is -0.822. The largest absolute Gasteiger partial charge is 0.455 e. The van der Waals surface area contributed by atoms with Crippen LogP contribution in [0.15, 0.2) is 215 Å². The van der Waals surface area contributed by atoms with Crippen molar-refractivity contribution in [2.24, 2.45) is 0 Å². The maximum absolute atomic E-state index is 7.56. The molecule has 1 spiro atoms. The molecule has 0 bridgehead atoms. The highest BCUT2D eigenvalue weighted by molar-refractivity contribution is 6.25. The average Bonchev–Trinajstić information content (AvgIpc) is 3.60. The second kappa shape index (κ2) is 17.7. The molecule has 400 valence electrons.